The lowest BCUT2D eigenvalue weighted by atomic mass is 10.2. The van der Waals surface area contributed by atoms with Crippen LogP contribution in [-0.4, -0.2) is 43.0 Å². The molecule has 0 aliphatic carbocycles. The third-order valence-electron chi connectivity index (χ3n) is 4.12. The number of hydrogen-bond donors (Lipinski definition) is 0. The first-order valence-corrected chi connectivity index (χ1v) is 9.65. The van der Waals surface area contributed by atoms with E-state index in [1.165, 1.54) is 23.5 Å². The second-order valence-corrected chi connectivity index (χ2v) is 7.34. The van der Waals surface area contributed by atoms with Gasteiger partial charge >= 0.3 is 0 Å². The number of rotatable bonds is 7. The minimum absolute atomic E-state index is 0. The summed E-state index contributed by atoms with van der Waals surface area (Å²) in [7, 11) is 4.03. The SMILES string of the molecule is CN(C)CCCN(C(=O)c1ccccc1)c1nc(-c2ccc(F)cc2)cs1.Cl. The van der Waals surface area contributed by atoms with E-state index in [9.17, 15) is 9.18 Å². The monoisotopic (exact) mass is 419 g/mol. The summed E-state index contributed by atoms with van der Waals surface area (Å²) in [5, 5.41) is 2.56. The molecule has 0 saturated heterocycles. The van der Waals surface area contributed by atoms with Crippen LogP contribution < -0.4 is 4.90 Å². The van der Waals surface area contributed by atoms with Gasteiger partial charge in [-0.1, -0.05) is 18.2 Å². The zero-order valence-corrected chi connectivity index (χ0v) is 17.5. The Bertz CT molecular complexity index is 884. The first kappa shape index (κ1) is 22.0. The first-order valence-electron chi connectivity index (χ1n) is 8.77. The van der Waals surface area contributed by atoms with Gasteiger partial charge < -0.3 is 4.90 Å². The summed E-state index contributed by atoms with van der Waals surface area (Å²) >= 11 is 1.43. The smallest absolute Gasteiger partial charge is 0.260 e. The fourth-order valence-electron chi connectivity index (χ4n) is 2.71. The molecule has 0 unspecified atom stereocenters. The van der Waals surface area contributed by atoms with Crippen molar-refractivity contribution >= 4 is 34.8 Å². The van der Waals surface area contributed by atoms with E-state index in [-0.39, 0.29) is 24.1 Å². The molecular weight excluding hydrogens is 397 g/mol. The van der Waals surface area contributed by atoms with Gasteiger partial charge in [-0.2, -0.15) is 0 Å². The summed E-state index contributed by atoms with van der Waals surface area (Å²) in [6, 6.07) is 15.5. The second-order valence-electron chi connectivity index (χ2n) is 6.50. The molecule has 0 atom stereocenters. The average molecular weight is 420 g/mol. The molecule has 0 radical (unpaired) electrons. The van der Waals surface area contributed by atoms with E-state index in [0.29, 0.717) is 17.2 Å². The van der Waals surface area contributed by atoms with Crippen LogP contribution >= 0.6 is 23.7 Å². The van der Waals surface area contributed by atoms with Gasteiger partial charge in [-0.15, -0.1) is 23.7 Å². The molecular formula is C21H23ClFN3OS. The molecule has 0 spiro atoms. The van der Waals surface area contributed by atoms with Crippen LogP contribution in [0, 0.1) is 5.82 Å². The molecule has 0 fully saturated rings. The van der Waals surface area contributed by atoms with Crippen molar-refractivity contribution in [3.63, 3.8) is 0 Å². The third-order valence-corrected chi connectivity index (χ3v) is 4.98. The molecule has 1 amide bonds. The van der Waals surface area contributed by atoms with Crippen molar-refractivity contribution in [2.45, 2.75) is 6.42 Å². The zero-order chi connectivity index (χ0) is 19.2. The topological polar surface area (TPSA) is 36.4 Å². The summed E-state index contributed by atoms with van der Waals surface area (Å²) in [5.74, 6) is -0.340. The van der Waals surface area contributed by atoms with Crippen LogP contribution in [0.15, 0.2) is 60.0 Å². The predicted molar refractivity (Wildman–Crippen MR) is 116 cm³/mol. The van der Waals surface area contributed by atoms with E-state index in [0.717, 1.165) is 24.2 Å². The van der Waals surface area contributed by atoms with Crippen LogP contribution in [-0.2, 0) is 0 Å². The lowest BCUT2D eigenvalue weighted by Gasteiger charge is -2.21. The Morgan fingerprint density at radius 1 is 1.04 bits per heavy atom. The molecule has 3 aromatic rings. The molecule has 0 saturated carbocycles. The second kappa shape index (κ2) is 10.3. The number of benzene rings is 2. The number of anilines is 1. The summed E-state index contributed by atoms with van der Waals surface area (Å²) < 4.78 is 13.2. The number of halogens is 2. The van der Waals surface area contributed by atoms with E-state index in [1.807, 2.05) is 49.8 Å². The highest BCUT2D eigenvalue weighted by atomic mass is 35.5. The van der Waals surface area contributed by atoms with Gasteiger partial charge in [0.05, 0.1) is 5.69 Å². The van der Waals surface area contributed by atoms with Crippen LogP contribution in [0.25, 0.3) is 11.3 Å². The number of carbonyl (C=O) groups excluding carboxylic acids is 1. The summed E-state index contributed by atoms with van der Waals surface area (Å²) in [6.07, 6.45) is 0.844. The number of hydrogen-bond acceptors (Lipinski definition) is 4. The Kier molecular flexibility index (Phi) is 8.11. The normalized spacial score (nSPS) is 10.6. The van der Waals surface area contributed by atoms with E-state index in [1.54, 1.807) is 17.0 Å². The highest BCUT2D eigenvalue weighted by Gasteiger charge is 2.20. The highest BCUT2D eigenvalue weighted by Crippen LogP contribution is 2.28. The first-order chi connectivity index (χ1) is 13.0. The van der Waals surface area contributed by atoms with Gasteiger partial charge in [-0.05, 0) is 63.5 Å². The Morgan fingerprint density at radius 2 is 1.71 bits per heavy atom. The summed E-state index contributed by atoms with van der Waals surface area (Å²) in [5.41, 5.74) is 2.22. The molecule has 7 heteroatoms. The molecule has 0 aliphatic heterocycles. The highest BCUT2D eigenvalue weighted by molar-refractivity contribution is 7.14. The summed E-state index contributed by atoms with van der Waals surface area (Å²) in [6.45, 7) is 1.47. The van der Waals surface area contributed by atoms with Crippen molar-refractivity contribution in [2.24, 2.45) is 0 Å². The molecule has 28 heavy (non-hydrogen) atoms. The van der Waals surface area contributed by atoms with Gasteiger partial charge in [0.2, 0.25) is 0 Å². The van der Waals surface area contributed by atoms with Crippen molar-refractivity contribution in [3.8, 4) is 11.3 Å². The third kappa shape index (κ3) is 5.61. The maximum Gasteiger partial charge on any atom is 0.260 e. The van der Waals surface area contributed by atoms with Crippen molar-refractivity contribution < 1.29 is 9.18 Å². The fourth-order valence-corrected chi connectivity index (χ4v) is 3.57. The molecule has 1 aromatic heterocycles. The molecule has 1 heterocycles. The Labute approximate surface area is 175 Å². The molecule has 0 aliphatic rings. The van der Waals surface area contributed by atoms with Gasteiger partial charge in [0.1, 0.15) is 5.82 Å². The number of amides is 1. The van der Waals surface area contributed by atoms with Crippen molar-refractivity contribution in [1.82, 2.24) is 9.88 Å². The van der Waals surface area contributed by atoms with Crippen molar-refractivity contribution in [1.29, 1.82) is 0 Å². The van der Waals surface area contributed by atoms with Crippen LogP contribution in [0.3, 0.4) is 0 Å². The van der Waals surface area contributed by atoms with Gasteiger partial charge in [0.15, 0.2) is 5.13 Å². The Hall–Kier alpha value is -2.28. The Balaban J connectivity index is 0.00000280. The number of nitrogens with zero attached hydrogens (tertiary/aromatic N) is 3. The predicted octanol–water partition coefficient (Wildman–Crippen LogP) is 4.97. The maximum atomic E-state index is 13.2. The minimum atomic E-state index is -0.279. The van der Waals surface area contributed by atoms with Crippen molar-refractivity contribution in [2.75, 3.05) is 32.1 Å². The number of thiazole rings is 1. The summed E-state index contributed by atoms with van der Waals surface area (Å²) in [4.78, 5) is 21.5. The van der Waals surface area contributed by atoms with Crippen LogP contribution in [0.2, 0.25) is 0 Å². The maximum absolute atomic E-state index is 13.2. The molecule has 3 rings (SSSR count). The van der Waals surface area contributed by atoms with E-state index < -0.39 is 0 Å². The molecule has 2 aromatic carbocycles. The van der Waals surface area contributed by atoms with Gasteiger partial charge in [-0.3, -0.25) is 9.69 Å². The van der Waals surface area contributed by atoms with E-state index >= 15 is 0 Å². The standard InChI is InChI=1S/C21H22FN3OS.ClH/c1-24(2)13-6-14-25(20(26)17-7-4-3-5-8-17)21-23-19(15-27-21)16-9-11-18(22)12-10-16;/h3-5,7-12,15H,6,13-14H2,1-2H3;1H. The van der Waals surface area contributed by atoms with Crippen LogP contribution in [0.1, 0.15) is 16.8 Å². The van der Waals surface area contributed by atoms with E-state index in [4.69, 9.17) is 0 Å². The molecule has 4 nitrogen and oxygen atoms in total. The quantitative estimate of drug-likeness (QED) is 0.542. The molecule has 0 N–H and O–H groups in total. The van der Waals surface area contributed by atoms with Crippen LogP contribution in [0.5, 0.6) is 0 Å². The lowest BCUT2D eigenvalue weighted by molar-refractivity contribution is 0.0986. The van der Waals surface area contributed by atoms with Gasteiger partial charge in [-0.25, -0.2) is 9.37 Å². The van der Waals surface area contributed by atoms with E-state index in [2.05, 4.69) is 9.88 Å². The van der Waals surface area contributed by atoms with Crippen molar-refractivity contribution in [3.05, 3.63) is 71.4 Å². The largest absolute Gasteiger partial charge is 0.309 e. The lowest BCUT2D eigenvalue weighted by Crippen LogP contribution is -2.33. The fraction of sp³-hybridized carbons (Fsp3) is 0.238. The minimum Gasteiger partial charge on any atom is -0.309 e. The number of aromatic nitrogens is 1. The number of carbonyl (C=O) groups is 1. The van der Waals surface area contributed by atoms with Gasteiger partial charge in [0, 0.05) is 23.1 Å². The molecule has 0 bridgehead atoms. The van der Waals surface area contributed by atoms with Gasteiger partial charge in [0.25, 0.3) is 5.91 Å². The zero-order valence-electron chi connectivity index (χ0n) is 15.8. The Morgan fingerprint density at radius 3 is 2.36 bits per heavy atom. The molecule has 148 valence electrons. The average Bonchev–Trinajstić information content (AvgIpc) is 3.15. The van der Waals surface area contributed by atoms with Crippen LogP contribution in [0.4, 0.5) is 9.52 Å².